The first-order chi connectivity index (χ1) is 14.4. The maximum Gasteiger partial charge on any atom is 0.416 e. The first-order valence-corrected chi connectivity index (χ1v) is 10.0. The molecule has 1 saturated heterocycles. The molecule has 2 aliphatic rings. The van der Waals surface area contributed by atoms with Crippen LogP contribution in [-0.2, 0) is 22.3 Å². The van der Waals surface area contributed by atoms with Gasteiger partial charge in [-0.15, -0.1) is 0 Å². The third-order valence-electron chi connectivity index (χ3n) is 5.30. The van der Waals surface area contributed by atoms with Crippen LogP contribution in [0.5, 0.6) is 0 Å². The molecule has 4 rings (SSSR count). The summed E-state index contributed by atoms with van der Waals surface area (Å²) in [7, 11) is 0. The number of carbonyl (C=O) groups is 1. The summed E-state index contributed by atoms with van der Waals surface area (Å²) in [6.07, 6.45) is -0.909. The molecule has 162 valence electrons. The van der Waals surface area contributed by atoms with Crippen LogP contribution in [0.25, 0.3) is 0 Å². The van der Waals surface area contributed by atoms with E-state index >= 15 is 0 Å². The van der Waals surface area contributed by atoms with Gasteiger partial charge in [-0.3, -0.25) is 9.69 Å². The molecule has 0 atom stereocenters. The summed E-state index contributed by atoms with van der Waals surface area (Å²) in [6.45, 7) is 2.68. The van der Waals surface area contributed by atoms with Crippen molar-refractivity contribution in [3.63, 3.8) is 0 Å². The van der Waals surface area contributed by atoms with E-state index in [9.17, 15) is 18.0 Å². The van der Waals surface area contributed by atoms with Crippen LogP contribution in [0.15, 0.2) is 41.0 Å². The lowest BCUT2D eigenvalue weighted by molar-refractivity contribution is -0.137. The van der Waals surface area contributed by atoms with Gasteiger partial charge in [0.2, 0.25) is 5.91 Å². The van der Waals surface area contributed by atoms with Gasteiger partial charge in [0, 0.05) is 19.1 Å². The van der Waals surface area contributed by atoms with E-state index < -0.39 is 11.7 Å². The average molecular weight is 423 g/mol. The molecule has 1 amide bonds. The Kier molecular flexibility index (Phi) is 6.01. The molecule has 0 bridgehead atoms. The van der Waals surface area contributed by atoms with Gasteiger partial charge < -0.3 is 19.4 Å². The van der Waals surface area contributed by atoms with Gasteiger partial charge in [-0.2, -0.15) is 13.2 Å². The van der Waals surface area contributed by atoms with E-state index in [0.717, 1.165) is 30.7 Å². The van der Waals surface area contributed by atoms with Gasteiger partial charge in [0.05, 0.1) is 49.5 Å². The maximum atomic E-state index is 13.3. The summed E-state index contributed by atoms with van der Waals surface area (Å²) in [5.74, 6) is 0.407. The zero-order chi connectivity index (χ0) is 21.1. The zero-order valence-electron chi connectivity index (χ0n) is 16.5. The number of hydrogen-bond donors (Lipinski definition) is 1. The van der Waals surface area contributed by atoms with Gasteiger partial charge in [0.25, 0.3) is 0 Å². The normalized spacial score (nSPS) is 17.4. The quantitative estimate of drug-likeness (QED) is 0.735. The monoisotopic (exact) mass is 423 g/mol. The predicted molar refractivity (Wildman–Crippen MR) is 105 cm³/mol. The second-order valence-corrected chi connectivity index (χ2v) is 7.59. The summed E-state index contributed by atoms with van der Waals surface area (Å²) in [5, 5.41) is 2.72. The molecule has 30 heavy (non-hydrogen) atoms. The van der Waals surface area contributed by atoms with Crippen LogP contribution in [0.2, 0.25) is 0 Å². The molecule has 2 heterocycles. The fourth-order valence-electron chi connectivity index (χ4n) is 3.62. The van der Waals surface area contributed by atoms with Crippen LogP contribution in [0, 0.1) is 0 Å². The van der Waals surface area contributed by atoms with E-state index in [-0.39, 0.29) is 18.1 Å². The van der Waals surface area contributed by atoms with E-state index in [1.54, 1.807) is 12.3 Å². The van der Waals surface area contributed by atoms with Crippen LogP contribution in [0.1, 0.15) is 24.2 Å². The minimum Gasteiger partial charge on any atom is -0.468 e. The smallest absolute Gasteiger partial charge is 0.416 e. The molecular formula is C21H24F3N3O3. The fraction of sp³-hybridized carbons (Fsp3) is 0.476. The number of anilines is 2. The zero-order valence-corrected chi connectivity index (χ0v) is 16.5. The number of furan rings is 1. The Balaban J connectivity index is 1.51. The molecule has 1 saturated carbocycles. The number of nitrogens with zero attached hydrogens (tertiary/aromatic N) is 2. The number of alkyl halides is 3. The van der Waals surface area contributed by atoms with Gasteiger partial charge in [0.1, 0.15) is 5.76 Å². The average Bonchev–Trinajstić information content (AvgIpc) is 3.44. The van der Waals surface area contributed by atoms with Crippen molar-refractivity contribution >= 4 is 17.3 Å². The Morgan fingerprint density at radius 3 is 2.60 bits per heavy atom. The first-order valence-electron chi connectivity index (χ1n) is 10.0. The summed E-state index contributed by atoms with van der Waals surface area (Å²) >= 11 is 0. The highest BCUT2D eigenvalue weighted by Crippen LogP contribution is 2.36. The van der Waals surface area contributed by atoms with Gasteiger partial charge in [-0.25, -0.2) is 0 Å². The SMILES string of the molecule is O=C(CN(Cc1ccco1)C1CC1)Nc1cc(C(F)(F)F)ccc1N1CCOCC1. The summed E-state index contributed by atoms with van der Waals surface area (Å²) in [5.41, 5.74) is -0.0430. The second-order valence-electron chi connectivity index (χ2n) is 7.59. The van der Waals surface area contributed by atoms with E-state index in [4.69, 9.17) is 9.15 Å². The lowest BCUT2D eigenvalue weighted by atomic mass is 10.1. The van der Waals surface area contributed by atoms with Gasteiger partial charge in [-0.1, -0.05) is 0 Å². The maximum absolute atomic E-state index is 13.3. The summed E-state index contributed by atoms with van der Waals surface area (Å²) < 4.78 is 50.5. The van der Waals surface area contributed by atoms with Crippen LogP contribution < -0.4 is 10.2 Å². The molecule has 9 heteroatoms. The lowest BCUT2D eigenvalue weighted by Gasteiger charge is -2.31. The van der Waals surface area contributed by atoms with E-state index in [1.807, 2.05) is 15.9 Å². The molecule has 1 N–H and O–H groups in total. The van der Waals surface area contributed by atoms with Crippen molar-refractivity contribution in [1.29, 1.82) is 0 Å². The molecule has 1 aromatic heterocycles. The highest BCUT2D eigenvalue weighted by molar-refractivity contribution is 5.96. The highest BCUT2D eigenvalue weighted by Gasteiger charge is 2.33. The number of carbonyl (C=O) groups excluding carboxylic acids is 1. The minimum absolute atomic E-state index is 0.0875. The van der Waals surface area contributed by atoms with Gasteiger partial charge in [-0.05, 0) is 43.2 Å². The number of halogens is 3. The molecule has 0 radical (unpaired) electrons. The highest BCUT2D eigenvalue weighted by atomic mass is 19.4. The summed E-state index contributed by atoms with van der Waals surface area (Å²) in [4.78, 5) is 16.7. The number of benzene rings is 1. The Morgan fingerprint density at radius 1 is 1.20 bits per heavy atom. The fourth-order valence-corrected chi connectivity index (χ4v) is 3.62. The first kappa shape index (κ1) is 20.7. The standard InChI is InChI=1S/C21H24F3N3O3/c22-21(23,24)15-3-6-19(26-7-10-29-11-8-26)18(12-15)25-20(28)14-27(16-4-5-16)13-17-2-1-9-30-17/h1-3,6,9,12,16H,4-5,7-8,10-11,13-14H2,(H,25,28). The van der Waals surface area contributed by atoms with E-state index in [1.165, 1.54) is 6.07 Å². The number of amides is 1. The topological polar surface area (TPSA) is 58.0 Å². The van der Waals surface area contributed by atoms with Crippen LogP contribution >= 0.6 is 0 Å². The molecule has 6 nitrogen and oxygen atoms in total. The molecular weight excluding hydrogens is 399 g/mol. The number of rotatable bonds is 7. The molecule has 1 aliphatic carbocycles. The van der Waals surface area contributed by atoms with Crippen molar-refractivity contribution in [3.05, 3.63) is 47.9 Å². The predicted octanol–water partition coefficient (Wildman–Crippen LogP) is 3.74. The molecule has 0 unspecified atom stereocenters. The molecule has 1 aliphatic heterocycles. The summed E-state index contributed by atoms with van der Waals surface area (Å²) in [6, 6.07) is 7.41. The third kappa shape index (κ3) is 5.14. The van der Waals surface area contributed by atoms with E-state index in [0.29, 0.717) is 44.6 Å². The van der Waals surface area contributed by atoms with Crippen molar-refractivity contribution < 1.29 is 27.1 Å². The van der Waals surface area contributed by atoms with Crippen LogP contribution in [0.4, 0.5) is 24.5 Å². The van der Waals surface area contributed by atoms with Gasteiger partial charge >= 0.3 is 6.18 Å². The Morgan fingerprint density at radius 2 is 1.97 bits per heavy atom. The van der Waals surface area contributed by atoms with Gasteiger partial charge in [0.15, 0.2) is 0 Å². The van der Waals surface area contributed by atoms with Crippen molar-refractivity contribution in [3.8, 4) is 0 Å². The van der Waals surface area contributed by atoms with Crippen LogP contribution in [0.3, 0.4) is 0 Å². The third-order valence-corrected chi connectivity index (χ3v) is 5.30. The van der Waals surface area contributed by atoms with Crippen molar-refractivity contribution in [2.45, 2.75) is 31.6 Å². The van der Waals surface area contributed by atoms with Crippen molar-refractivity contribution in [2.75, 3.05) is 43.1 Å². The largest absolute Gasteiger partial charge is 0.468 e. The Labute approximate surface area is 172 Å². The molecule has 0 spiro atoms. The minimum atomic E-state index is -4.48. The van der Waals surface area contributed by atoms with Crippen molar-refractivity contribution in [2.24, 2.45) is 0 Å². The number of ether oxygens (including phenoxy) is 1. The molecule has 2 fully saturated rings. The number of hydrogen-bond acceptors (Lipinski definition) is 5. The van der Waals surface area contributed by atoms with E-state index in [2.05, 4.69) is 5.32 Å². The molecule has 1 aromatic carbocycles. The number of morpholine rings is 1. The van der Waals surface area contributed by atoms with Crippen LogP contribution in [-0.4, -0.2) is 49.7 Å². The Bertz CT molecular complexity index is 860. The Hall–Kier alpha value is -2.52. The lowest BCUT2D eigenvalue weighted by Crippen LogP contribution is -2.38. The number of nitrogens with one attached hydrogen (secondary N) is 1. The second kappa shape index (κ2) is 8.69. The molecule has 2 aromatic rings. The van der Waals surface area contributed by atoms with Crippen molar-refractivity contribution in [1.82, 2.24) is 4.90 Å².